The van der Waals surface area contributed by atoms with E-state index >= 15 is 0 Å². The van der Waals surface area contributed by atoms with Gasteiger partial charge in [-0.15, -0.1) is 0 Å². The molecular weight excluding hydrogens is 292 g/mol. The predicted octanol–water partition coefficient (Wildman–Crippen LogP) is 3.08. The average Bonchev–Trinajstić information content (AvgIpc) is 2.56. The number of hydrogen-bond acceptors (Lipinski definition) is 3. The minimum Gasteiger partial charge on any atom is -0.334 e. The van der Waals surface area contributed by atoms with Crippen LogP contribution in [0.3, 0.4) is 0 Å². The highest BCUT2D eigenvalue weighted by atomic mass is 32.2. The van der Waals surface area contributed by atoms with Crippen molar-refractivity contribution in [3.05, 3.63) is 35.9 Å². The van der Waals surface area contributed by atoms with Gasteiger partial charge >= 0.3 is 0 Å². The summed E-state index contributed by atoms with van der Waals surface area (Å²) in [6, 6.07) is 10.8. The number of nitrogens with zero attached hydrogens (tertiary/aromatic N) is 1. The van der Waals surface area contributed by atoms with Crippen molar-refractivity contribution in [1.29, 1.82) is 0 Å². The minimum absolute atomic E-state index is 0.231. The molecule has 0 aromatic heterocycles. The molecule has 1 aromatic rings. The molecule has 0 saturated carbocycles. The van der Waals surface area contributed by atoms with Crippen molar-refractivity contribution in [2.24, 2.45) is 5.92 Å². The third kappa shape index (κ3) is 3.66. The first-order valence-electron chi connectivity index (χ1n) is 8.42. The SMILES string of the molecule is C[C@@H]1SCCN(C(=O)CC2CCNCC2)[C@@H]1c1ccccc1. The number of carbonyl (C=O) groups excluding carboxylic acids is 1. The highest BCUT2D eigenvalue weighted by Crippen LogP contribution is 2.36. The summed E-state index contributed by atoms with van der Waals surface area (Å²) in [7, 11) is 0. The van der Waals surface area contributed by atoms with Crippen molar-refractivity contribution in [2.75, 3.05) is 25.4 Å². The van der Waals surface area contributed by atoms with Crippen LogP contribution in [0.2, 0.25) is 0 Å². The summed E-state index contributed by atoms with van der Waals surface area (Å²) >= 11 is 1.98. The fourth-order valence-electron chi connectivity index (χ4n) is 3.65. The number of thioether (sulfide) groups is 1. The van der Waals surface area contributed by atoms with E-state index in [1.54, 1.807) is 0 Å². The summed E-state index contributed by atoms with van der Waals surface area (Å²) in [4.78, 5) is 15.0. The summed E-state index contributed by atoms with van der Waals surface area (Å²) in [6.07, 6.45) is 3.00. The number of rotatable bonds is 3. The molecule has 2 saturated heterocycles. The Bertz CT molecular complexity index is 487. The van der Waals surface area contributed by atoms with Gasteiger partial charge in [-0.25, -0.2) is 0 Å². The maximum atomic E-state index is 12.9. The van der Waals surface area contributed by atoms with Gasteiger partial charge < -0.3 is 10.2 Å². The van der Waals surface area contributed by atoms with Gasteiger partial charge in [-0.1, -0.05) is 37.3 Å². The first-order chi connectivity index (χ1) is 10.8. The van der Waals surface area contributed by atoms with Crippen LogP contribution in [0, 0.1) is 5.92 Å². The molecule has 0 unspecified atom stereocenters. The first kappa shape index (κ1) is 15.9. The molecule has 0 bridgehead atoms. The van der Waals surface area contributed by atoms with Crippen LogP contribution in [0.25, 0.3) is 0 Å². The molecule has 3 nitrogen and oxygen atoms in total. The quantitative estimate of drug-likeness (QED) is 0.929. The summed E-state index contributed by atoms with van der Waals surface area (Å²) in [5.41, 5.74) is 1.28. The molecule has 1 amide bonds. The average molecular weight is 318 g/mol. The van der Waals surface area contributed by atoms with E-state index in [0.717, 1.165) is 44.6 Å². The van der Waals surface area contributed by atoms with E-state index in [4.69, 9.17) is 0 Å². The molecule has 2 aliphatic rings. The van der Waals surface area contributed by atoms with Gasteiger partial charge in [0.2, 0.25) is 5.91 Å². The molecule has 1 aromatic carbocycles. The van der Waals surface area contributed by atoms with Gasteiger partial charge in [-0.2, -0.15) is 11.8 Å². The number of piperidine rings is 1. The fraction of sp³-hybridized carbons (Fsp3) is 0.611. The van der Waals surface area contributed by atoms with Crippen molar-refractivity contribution in [3.63, 3.8) is 0 Å². The third-order valence-corrected chi connectivity index (χ3v) is 6.08. The van der Waals surface area contributed by atoms with Crippen LogP contribution in [0.5, 0.6) is 0 Å². The second kappa shape index (κ2) is 7.51. The second-order valence-electron chi connectivity index (χ2n) is 6.42. The topological polar surface area (TPSA) is 32.3 Å². The van der Waals surface area contributed by atoms with E-state index in [0.29, 0.717) is 17.1 Å². The van der Waals surface area contributed by atoms with Gasteiger partial charge in [0, 0.05) is 24.0 Å². The van der Waals surface area contributed by atoms with Crippen LogP contribution in [-0.2, 0) is 4.79 Å². The Morgan fingerprint density at radius 1 is 1.27 bits per heavy atom. The highest BCUT2D eigenvalue weighted by molar-refractivity contribution is 8.00. The van der Waals surface area contributed by atoms with E-state index in [9.17, 15) is 4.79 Å². The Morgan fingerprint density at radius 3 is 2.73 bits per heavy atom. The van der Waals surface area contributed by atoms with Crippen LogP contribution < -0.4 is 5.32 Å². The zero-order chi connectivity index (χ0) is 15.4. The highest BCUT2D eigenvalue weighted by Gasteiger charge is 2.34. The van der Waals surface area contributed by atoms with E-state index in [1.807, 2.05) is 17.8 Å². The predicted molar refractivity (Wildman–Crippen MR) is 93.0 cm³/mol. The van der Waals surface area contributed by atoms with E-state index in [1.165, 1.54) is 5.56 Å². The molecule has 120 valence electrons. The molecule has 2 atom stereocenters. The molecule has 2 aliphatic heterocycles. The molecule has 0 aliphatic carbocycles. The van der Waals surface area contributed by atoms with Crippen molar-refractivity contribution >= 4 is 17.7 Å². The van der Waals surface area contributed by atoms with E-state index in [-0.39, 0.29) is 6.04 Å². The van der Waals surface area contributed by atoms with Gasteiger partial charge in [0.05, 0.1) is 6.04 Å². The molecule has 22 heavy (non-hydrogen) atoms. The summed E-state index contributed by atoms with van der Waals surface area (Å²) in [6.45, 7) is 5.27. The Labute approximate surface area is 137 Å². The molecule has 2 fully saturated rings. The molecule has 4 heteroatoms. The largest absolute Gasteiger partial charge is 0.334 e. The summed E-state index contributed by atoms with van der Waals surface area (Å²) < 4.78 is 0. The van der Waals surface area contributed by atoms with E-state index in [2.05, 4.69) is 41.4 Å². The molecule has 0 radical (unpaired) electrons. The normalized spacial score (nSPS) is 26.9. The standard InChI is InChI=1S/C18H26N2OS/c1-14-18(16-5-3-2-4-6-16)20(11-12-22-14)17(21)13-15-7-9-19-10-8-15/h2-6,14-15,18-19H,7-13H2,1H3/t14-,18-/m0/s1. The maximum Gasteiger partial charge on any atom is 0.223 e. The smallest absolute Gasteiger partial charge is 0.223 e. The lowest BCUT2D eigenvalue weighted by Gasteiger charge is -2.41. The maximum absolute atomic E-state index is 12.9. The summed E-state index contributed by atoms with van der Waals surface area (Å²) in [5, 5.41) is 3.85. The molecule has 3 rings (SSSR count). The van der Waals surface area contributed by atoms with E-state index < -0.39 is 0 Å². The zero-order valence-corrected chi connectivity index (χ0v) is 14.1. The lowest BCUT2D eigenvalue weighted by Crippen LogP contribution is -2.45. The van der Waals surface area contributed by atoms with Gasteiger partial charge in [0.25, 0.3) is 0 Å². The van der Waals surface area contributed by atoms with Crippen LogP contribution >= 0.6 is 11.8 Å². The van der Waals surface area contributed by atoms with Gasteiger partial charge in [-0.3, -0.25) is 4.79 Å². The third-order valence-electron chi connectivity index (χ3n) is 4.88. The van der Waals surface area contributed by atoms with Crippen LogP contribution in [0.15, 0.2) is 30.3 Å². The number of amides is 1. The second-order valence-corrected chi connectivity index (χ2v) is 7.90. The van der Waals surface area contributed by atoms with Gasteiger partial charge in [0.1, 0.15) is 0 Å². The molecule has 2 heterocycles. The first-order valence-corrected chi connectivity index (χ1v) is 9.47. The lowest BCUT2D eigenvalue weighted by molar-refractivity contribution is -0.134. The van der Waals surface area contributed by atoms with Crippen molar-refractivity contribution in [3.8, 4) is 0 Å². The summed E-state index contributed by atoms with van der Waals surface area (Å²) in [5.74, 6) is 1.98. The van der Waals surface area contributed by atoms with Crippen molar-refractivity contribution in [1.82, 2.24) is 10.2 Å². The number of carbonyl (C=O) groups is 1. The fourth-order valence-corrected chi connectivity index (χ4v) is 4.81. The molecule has 1 N–H and O–H groups in total. The van der Waals surface area contributed by atoms with Gasteiger partial charge in [-0.05, 0) is 37.4 Å². The number of nitrogens with one attached hydrogen (secondary N) is 1. The molecular formula is C18H26N2OS. The van der Waals surface area contributed by atoms with Crippen molar-refractivity contribution in [2.45, 2.75) is 37.5 Å². The molecule has 0 spiro atoms. The van der Waals surface area contributed by atoms with Gasteiger partial charge in [0.15, 0.2) is 0 Å². The van der Waals surface area contributed by atoms with Crippen molar-refractivity contribution < 1.29 is 4.79 Å². The number of benzene rings is 1. The lowest BCUT2D eigenvalue weighted by atomic mass is 9.93. The van der Waals surface area contributed by atoms with Crippen LogP contribution in [-0.4, -0.2) is 41.4 Å². The Morgan fingerprint density at radius 2 is 2.00 bits per heavy atom. The van der Waals surface area contributed by atoms with Crippen LogP contribution in [0.4, 0.5) is 0 Å². The van der Waals surface area contributed by atoms with Crippen LogP contribution in [0.1, 0.15) is 37.8 Å². The Hall–Kier alpha value is -1.00. The minimum atomic E-state index is 0.231. The number of hydrogen-bond donors (Lipinski definition) is 1. The monoisotopic (exact) mass is 318 g/mol. The Kier molecular flexibility index (Phi) is 5.42. The zero-order valence-electron chi connectivity index (χ0n) is 13.3. The Balaban J connectivity index is 1.72.